The number of nitrogens with two attached hydrogens (primary N) is 1. The smallest absolute Gasteiger partial charge is 0.0321 e. The molecule has 1 aromatic rings. The Morgan fingerprint density at radius 3 is 2.47 bits per heavy atom. The number of halogens is 2. The molecular weight excluding hydrogens is 273 g/mol. The molecule has 0 amide bonds. The molecule has 2 N–H and O–H groups in total. The monoisotopic (exact) mass is 291 g/mol. The van der Waals surface area contributed by atoms with Crippen LogP contribution >= 0.6 is 28.3 Å². The fourth-order valence-corrected chi connectivity index (χ4v) is 1.80. The summed E-state index contributed by atoms with van der Waals surface area (Å²) in [6.45, 7) is 6.45. The maximum atomic E-state index is 6.15. The molecule has 3 heteroatoms. The predicted molar refractivity (Wildman–Crippen MR) is 72.5 cm³/mol. The number of hydrogen-bond acceptors (Lipinski definition) is 1. The van der Waals surface area contributed by atoms with E-state index in [1.165, 1.54) is 11.1 Å². The number of aryl methyl sites for hydroxylation is 1. The Balaban J connectivity index is 0.00000196. The van der Waals surface area contributed by atoms with Crippen molar-refractivity contribution in [3.05, 3.63) is 33.8 Å². The highest BCUT2D eigenvalue weighted by Gasteiger charge is 2.13. The lowest BCUT2D eigenvalue weighted by Crippen LogP contribution is -2.18. The van der Waals surface area contributed by atoms with Crippen LogP contribution in [0.3, 0.4) is 0 Å². The molecule has 0 saturated carbocycles. The fraction of sp³-hybridized carbons (Fsp3) is 0.500. The van der Waals surface area contributed by atoms with Crippen LogP contribution in [0, 0.1) is 12.8 Å². The van der Waals surface area contributed by atoms with Crippen molar-refractivity contribution < 1.29 is 0 Å². The second-order valence-corrected chi connectivity index (χ2v) is 4.77. The summed E-state index contributed by atoms with van der Waals surface area (Å²) in [4.78, 5) is 0. The molecule has 0 aliphatic heterocycles. The lowest BCUT2D eigenvalue weighted by Gasteiger charge is -2.19. The van der Waals surface area contributed by atoms with E-state index in [-0.39, 0.29) is 18.4 Å². The Hall–Kier alpha value is -0.0500. The second kappa shape index (κ2) is 6.51. The van der Waals surface area contributed by atoms with E-state index in [1.807, 2.05) is 0 Å². The molecule has 2 atom stereocenters. The van der Waals surface area contributed by atoms with E-state index in [0.29, 0.717) is 5.92 Å². The Morgan fingerprint density at radius 2 is 2.00 bits per heavy atom. The molecule has 0 radical (unpaired) electrons. The van der Waals surface area contributed by atoms with E-state index in [4.69, 9.17) is 5.73 Å². The van der Waals surface area contributed by atoms with Crippen LogP contribution in [0.5, 0.6) is 0 Å². The number of hydrogen-bond donors (Lipinski definition) is 1. The van der Waals surface area contributed by atoms with Crippen LogP contribution in [0.15, 0.2) is 22.7 Å². The van der Waals surface area contributed by atoms with Gasteiger partial charge < -0.3 is 5.73 Å². The summed E-state index contributed by atoms with van der Waals surface area (Å²) in [6.07, 6.45) is 1.12. The molecule has 0 saturated heterocycles. The van der Waals surface area contributed by atoms with Crippen LogP contribution < -0.4 is 5.73 Å². The van der Waals surface area contributed by atoms with Crippen molar-refractivity contribution in [3.63, 3.8) is 0 Å². The first-order valence-electron chi connectivity index (χ1n) is 5.08. The van der Waals surface area contributed by atoms with E-state index in [9.17, 15) is 0 Å². The molecule has 1 rings (SSSR count). The van der Waals surface area contributed by atoms with Gasteiger partial charge in [-0.1, -0.05) is 48.3 Å². The normalized spacial score (nSPS) is 14.2. The second-order valence-electron chi connectivity index (χ2n) is 3.92. The van der Waals surface area contributed by atoms with Crippen molar-refractivity contribution in [1.82, 2.24) is 0 Å². The van der Waals surface area contributed by atoms with Crippen LogP contribution in [0.1, 0.15) is 37.4 Å². The lowest BCUT2D eigenvalue weighted by atomic mass is 9.93. The first-order valence-corrected chi connectivity index (χ1v) is 5.87. The summed E-state index contributed by atoms with van der Waals surface area (Å²) in [5, 5.41) is 0. The SMILES string of the molecule is CCC(C)[C@H](N)c1ccc(C)c(Br)c1.Cl. The number of rotatable bonds is 3. The van der Waals surface area contributed by atoms with E-state index < -0.39 is 0 Å². The Labute approximate surface area is 107 Å². The zero-order chi connectivity index (χ0) is 10.7. The molecule has 0 spiro atoms. The zero-order valence-corrected chi connectivity index (χ0v) is 11.9. The van der Waals surface area contributed by atoms with Gasteiger partial charge in [-0.15, -0.1) is 12.4 Å². The average Bonchev–Trinajstić information content (AvgIpc) is 2.20. The Kier molecular flexibility index (Phi) is 6.49. The minimum absolute atomic E-state index is 0. The van der Waals surface area contributed by atoms with Gasteiger partial charge in [-0.05, 0) is 30.0 Å². The quantitative estimate of drug-likeness (QED) is 0.886. The summed E-state index contributed by atoms with van der Waals surface area (Å²) in [6, 6.07) is 6.52. The highest BCUT2D eigenvalue weighted by atomic mass is 79.9. The van der Waals surface area contributed by atoms with Gasteiger partial charge in [0.15, 0.2) is 0 Å². The standard InChI is InChI=1S/C12H18BrN.ClH/c1-4-8(2)12(14)10-6-5-9(3)11(13)7-10;/h5-8,12H,4,14H2,1-3H3;1H/t8?,12-;/m0./s1. The molecule has 0 aliphatic rings. The minimum atomic E-state index is 0. The molecule has 0 bridgehead atoms. The van der Waals surface area contributed by atoms with E-state index >= 15 is 0 Å². The van der Waals surface area contributed by atoms with Crippen molar-refractivity contribution in [2.45, 2.75) is 33.2 Å². The molecule has 1 unspecified atom stereocenters. The topological polar surface area (TPSA) is 26.0 Å². The Bertz CT molecular complexity index is 314. The Morgan fingerprint density at radius 1 is 1.40 bits per heavy atom. The van der Waals surface area contributed by atoms with Gasteiger partial charge in [-0.2, -0.15) is 0 Å². The van der Waals surface area contributed by atoms with Crippen LogP contribution in [0.4, 0.5) is 0 Å². The van der Waals surface area contributed by atoms with Crippen LogP contribution in [0.25, 0.3) is 0 Å². The third-order valence-corrected chi connectivity index (χ3v) is 3.69. The summed E-state index contributed by atoms with van der Waals surface area (Å²) < 4.78 is 1.15. The maximum absolute atomic E-state index is 6.15. The van der Waals surface area contributed by atoms with Crippen molar-refractivity contribution in [3.8, 4) is 0 Å². The fourth-order valence-electron chi connectivity index (χ4n) is 1.40. The van der Waals surface area contributed by atoms with Gasteiger partial charge in [0, 0.05) is 10.5 Å². The highest BCUT2D eigenvalue weighted by Crippen LogP contribution is 2.25. The van der Waals surface area contributed by atoms with Gasteiger partial charge in [-0.3, -0.25) is 0 Å². The summed E-state index contributed by atoms with van der Waals surface area (Å²) >= 11 is 3.53. The zero-order valence-electron chi connectivity index (χ0n) is 9.46. The van der Waals surface area contributed by atoms with Crippen LogP contribution in [0.2, 0.25) is 0 Å². The molecule has 0 aliphatic carbocycles. The molecule has 86 valence electrons. The highest BCUT2D eigenvalue weighted by molar-refractivity contribution is 9.10. The van der Waals surface area contributed by atoms with Gasteiger partial charge in [0.2, 0.25) is 0 Å². The van der Waals surface area contributed by atoms with Gasteiger partial charge in [0.25, 0.3) is 0 Å². The molecule has 1 aromatic carbocycles. The third kappa shape index (κ3) is 3.78. The summed E-state index contributed by atoms with van der Waals surface area (Å²) in [7, 11) is 0. The van der Waals surface area contributed by atoms with Crippen molar-refractivity contribution in [1.29, 1.82) is 0 Å². The molecule has 0 aromatic heterocycles. The first-order chi connectivity index (χ1) is 6.56. The summed E-state index contributed by atoms with van der Waals surface area (Å²) in [5.74, 6) is 0.532. The number of benzene rings is 1. The van der Waals surface area contributed by atoms with Crippen molar-refractivity contribution >= 4 is 28.3 Å². The van der Waals surface area contributed by atoms with Crippen molar-refractivity contribution in [2.24, 2.45) is 11.7 Å². The molecule has 0 fully saturated rings. The average molecular weight is 293 g/mol. The molecule has 15 heavy (non-hydrogen) atoms. The largest absolute Gasteiger partial charge is 0.324 e. The van der Waals surface area contributed by atoms with E-state index in [0.717, 1.165) is 10.9 Å². The molecular formula is C12H19BrClN. The third-order valence-electron chi connectivity index (χ3n) is 2.84. The van der Waals surface area contributed by atoms with Gasteiger partial charge in [-0.25, -0.2) is 0 Å². The lowest BCUT2D eigenvalue weighted by molar-refractivity contribution is 0.456. The van der Waals surface area contributed by atoms with Gasteiger partial charge in [0.1, 0.15) is 0 Å². The van der Waals surface area contributed by atoms with Crippen molar-refractivity contribution in [2.75, 3.05) is 0 Å². The maximum Gasteiger partial charge on any atom is 0.0321 e. The predicted octanol–water partition coefficient (Wildman–Crippen LogP) is 4.23. The molecule has 1 nitrogen and oxygen atoms in total. The first kappa shape index (κ1) is 14.9. The van der Waals surface area contributed by atoms with Crippen LogP contribution in [-0.4, -0.2) is 0 Å². The minimum Gasteiger partial charge on any atom is -0.324 e. The summed E-state index contributed by atoms with van der Waals surface area (Å²) in [5.41, 5.74) is 8.62. The molecule has 0 heterocycles. The van der Waals surface area contributed by atoms with E-state index in [2.05, 4.69) is 54.9 Å². The van der Waals surface area contributed by atoms with Crippen LogP contribution in [-0.2, 0) is 0 Å². The van der Waals surface area contributed by atoms with Gasteiger partial charge in [0.05, 0.1) is 0 Å². The van der Waals surface area contributed by atoms with Gasteiger partial charge >= 0.3 is 0 Å². The van der Waals surface area contributed by atoms with E-state index in [1.54, 1.807) is 0 Å².